The highest BCUT2D eigenvalue weighted by molar-refractivity contribution is 6.30. The summed E-state index contributed by atoms with van der Waals surface area (Å²) >= 11 is 6.22. The lowest BCUT2D eigenvalue weighted by Crippen LogP contribution is -2.45. The number of carbonyl (C=O) groups is 1. The number of aliphatic hydroxyl groups is 1. The lowest BCUT2D eigenvalue weighted by atomic mass is 9.56. The Hall–Kier alpha value is -1.84. The number of methoxy groups -OCH3 is 1. The molecule has 0 bridgehead atoms. The summed E-state index contributed by atoms with van der Waals surface area (Å²) in [5.74, 6) is 0.692. The fourth-order valence-electron chi connectivity index (χ4n) is 6.29. The monoisotopic (exact) mass is 440 g/mol. The van der Waals surface area contributed by atoms with Gasteiger partial charge in [0.05, 0.1) is 12.5 Å². The highest BCUT2D eigenvalue weighted by Crippen LogP contribution is 2.58. The van der Waals surface area contributed by atoms with Crippen molar-refractivity contribution in [1.82, 2.24) is 0 Å². The predicted octanol–water partition coefficient (Wildman–Crippen LogP) is 5.74. The molecule has 2 aliphatic rings. The van der Waals surface area contributed by atoms with Gasteiger partial charge in [0.25, 0.3) is 0 Å². The fraction of sp³-hybridized carbons (Fsp3) is 0.519. The zero-order chi connectivity index (χ0) is 22.1. The topological polar surface area (TPSA) is 46.5 Å². The minimum atomic E-state index is -0.505. The number of hydrogen-bond acceptors (Lipinski definition) is 3. The Balaban J connectivity index is 1.64. The van der Waals surface area contributed by atoms with E-state index in [1.165, 1.54) is 18.2 Å². The normalized spacial score (nSPS) is 28.3. The summed E-state index contributed by atoms with van der Waals surface area (Å²) in [7, 11) is 1.50. The Kier molecular flexibility index (Phi) is 6.46. The van der Waals surface area contributed by atoms with Crippen LogP contribution < -0.4 is 0 Å². The van der Waals surface area contributed by atoms with E-state index in [1.807, 2.05) is 18.2 Å². The van der Waals surface area contributed by atoms with Gasteiger partial charge in [-0.1, -0.05) is 54.9 Å². The smallest absolute Gasteiger partial charge is 0.312 e. The van der Waals surface area contributed by atoms with Crippen LogP contribution in [0.2, 0.25) is 5.02 Å². The minimum absolute atomic E-state index is 0.0892. The maximum Gasteiger partial charge on any atom is 0.312 e. The van der Waals surface area contributed by atoms with Crippen molar-refractivity contribution < 1.29 is 14.6 Å². The molecule has 3 nitrogen and oxygen atoms in total. The minimum Gasteiger partial charge on any atom is -0.469 e. The zero-order valence-corrected chi connectivity index (χ0v) is 19.3. The van der Waals surface area contributed by atoms with E-state index in [0.29, 0.717) is 17.4 Å². The van der Waals surface area contributed by atoms with E-state index < -0.39 is 5.41 Å². The van der Waals surface area contributed by atoms with E-state index in [4.69, 9.17) is 16.3 Å². The van der Waals surface area contributed by atoms with Crippen LogP contribution in [0.15, 0.2) is 48.5 Å². The number of aliphatic hydroxyl groups excluding tert-OH is 1. The number of fused-ring (bicyclic) bond motifs is 2. The number of hydrogen-bond donors (Lipinski definition) is 1. The molecule has 0 radical (unpaired) electrons. The summed E-state index contributed by atoms with van der Waals surface area (Å²) < 4.78 is 5.32. The Morgan fingerprint density at radius 2 is 1.90 bits per heavy atom. The Morgan fingerprint density at radius 3 is 2.58 bits per heavy atom. The summed E-state index contributed by atoms with van der Waals surface area (Å²) in [4.78, 5) is 13.0. The van der Waals surface area contributed by atoms with Crippen molar-refractivity contribution in [2.75, 3.05) is 13.7 Å². The summed E-state index contributed by atoms with van der Waals surface area (Å²) in [5.41, 5.74) is 3.58. The van der Waals surface area contributed by atoms with Crippen molar-refractivity contribution >= 4 is 17.6 Å². The van der Waals surface area contributed by atoms with Crippen molar-refractivity contribution in [2.45, 2.75) is 57.3 Å². The van der Waals surface area contributed by atoms with Crippen LogP contribution in [0.1, 0.15) is 55.7 Å². The van der Waals surface area contributed by atoms with Gasteiger partial charge in [-0.25, -0.2) is 0 Å². The first-order valence-electron chi connectivity index (χ1n) is 11.4. The second-order valence-electron chi connectivity index (χ2n) is 9.82. The van der Waals surface area contributed by atoms with Gasteiger partial charge in [-0.15, -0.1) is 0 Å². The van der Waals surface area contributed by atoms with Crippen LogP contribution in [0, 0.1) is 17.3 Å². The van der Waals surface area contributed by atoms with Crippen LogP contribution in [0.4, 0.5) is 0 Å². The highest BCUT2D eigenvalue weighted by Gasteiger charge is 2.53. The number of halogens is 1. The van der Waals surface area contributed by atoms with E-state index in [-0.39, 0.29) is 23.9 Å². The van der Waals surface area contributed by atoms with Gasteiger partial charge in [-0.2, -0.15) is 0 Å². The van der Waals surface area contributed by atoms with Gasteiger partial charge in [0.2, 0.25) is 0 Å². The van der Waals surface area contributed by atoms with Gasteiger partial charge in [0, 0.05) is 11.6 Å². The van der Waals surface area contributed by atoms with Gasteiger partial charge in [0.1, 0.15) is 0 Å². The SMILES string of the molecule is COC(=O)C1(Cc2cccc(Cl)c2)CCC2(CC1)c1ccccc1CC2C[C@@H](C)CO. The van der Waals surface area contributed by atoms with Crippen LogP contribution in [0.3, 0.4) is 0 Å². The first kappa shape index (κ1) is 22.4. The number of rotatable bonds is 6. The van der Waals surface area contributed by atoms with Gasteiger partial charge in [0.15, 0.2) is 0 Å². The molecule has 1 unspecified atom stereocenters. The van der Waals surface area contributed by atoms with Crippen molar-refractivity contribution in [3.63, 3.8) is 0 Å². The summed E-state index contributed by atoms with van der Waals surface area (Å²) in [6.07, 6.45) is 6.32. The second kappa shape index (κ2) is 8.96. The molecule has 4 heteroatoms. The third kappa shape index (κ3) is 4.15. The molecular formula is C27H33ClO3. The molecule has 0 aromatic heterocycles. The molecule has 1 spiro atoms. The van der Waals surface area contributed by atoms with Gasteiger partial charge in [-0.3, -0.25) is 4.79 Å². The molecule has 4 rings (SSSR count). The van der Waals surface area contributed by atoms with Crippen LogP contribution in [0.5, 0.6) is 0 Å². The van der Waals surface area contributed by atoms with E-state index >= 15 is 0 Å². The molecule has 2 aliphatic carbocycles. The van der Waals surface area contributed by atoms with E-state index in [9.17, 15) is 9.90 Å². The van der Waals surface area contributed by atoms with Crippen molar-refractivity contribution in [3.8, 4) is 0 Å². The van der Waals surface area contributed by atoms with Crippen molar-refractivity contribution in [3.05, 3.63) is 70.2 Å². The maximum absolute atomic E-state index is 13.0. The van der Waals surface area contributed by atoms with Crippen LogP contribution >= 0.6 is 11.6 Å². The molecule has 1 N–H and O–H groups in total. The molecule has 0 saturated heterocycles. The molecular weight excluding hydrogens is 408 g/mol. The van der Waals surface area contributed by atoms with Crippen molar-refractivity contribution in [2.24, 2.45) is 17.3 Å². The molecule has 0 aliphatic heterocycles. The van der Waals surface area contributed by atoms with Crippen LogP contribution in [0.25, 0.3) is 0 Å². The number of esters is 1. The molecule has 31 heavy (non-hydrogen) atoms. The lowest BCUT2D eigenvalue weighted by Gasteiger charge is -2.47. The second-order valence-corrected chi connectivity index (χ2v) is 10.3. The molecule has 1 fully saturated rings. The molecule has 2 atom stereocenters. The zero-order valence-electron chi connectivity index (χ0n) is 18.6. The lowest BCUT2D eigenvalue weighted by molar-refractivity contribution is -0.156. The molecule has 0 heterocycles. The number of carbonyl (C=O) groups excluding carboxylic acids is 1. The fourth-order valence-corrected chi connectivity index (χ4v) is 6.51. The molecule has 2 aromatic carbocycles. The Bertz CT molecular complexity index is 930. The van der Waals surface area contributed by atoms with Crippen LogP contribution in [-0.2, 0) is 27.8 Å². The van der Waals surface area contributed by atoms with Gasteiger partial charge in [-0.05, 0) is 91.0 Å². The molecule has 166 valence electrons. The molecule has 2 aromatic rings. The third-order valence-corrected chi connectivity index (χ3v) is 8.18. The van der Waals surface area contributed by atoms with Gasteiger partial charge >= 0.3 is 5.97 Å². The Labute approximate surface area is 190 Å². The number of ether oxygens (including phenoxy) is 1. The van der Waals surface area contributed by atoms with Crippen molar-refractivity contribution in [1.29, 1.82) is 0 Å². The molecule has 0 amide bonds. The molecule has 1 saturated carbocycles. The third-order valence-electron chi connectivity index (χ3n) is 7.95. The average Bonchev–Trinajstić information content (AvgIpc) is 3.07. The summed E-state index contributed by atoms with van der Waals surface area (Å²) in [5, 5.41) is 10.4. The largest absolute Gasteiger partial charge is 0.469 e. The predicted molar refractivity (Wildman–Crippen MR) is 124 cm³/mol. The first-order chi connectivity index (χ1) is 14.9. The first-order valence-corrected chi connectivity index (χ1v) is 11.8. The van der Waals surface area contributed by atoms with Crippen LogP contribution in [-0.4, -0.2) is 24.8 Å². The Morgan fingerprint density at radius 1 is 1.16 bits per heavy atom. The summed E-state index contributed by atoms with van der Waals surface area (Å²) in [6.45, 7) is 2.36. The standard InChI is InChI=1S/C27H33ClO3/c1-19(18-29)14-22-16-21-7-3-4-9-24(21)27(22)12-10-26(11-13-27,25(30)31-2)17-20-6-5-8-23(28)15-20/h3-9,15,19,22,29H,10-14,16-18H2,1-2H3/t19-,22?,26?,27?/m1/s1. The van der Waals surface area contributed by atoms with E-state index in [2.05, 4.69) is 37.3 Å². The van der Waals surface area contributed by atoms with Gasteiger partial charge < -0.3 is 9.84 Å². The van der Waals surface area contributed by atoms with E-state index in [1.54, 1.807) is 0 Å². The summed E-state index contributed by atoms with van der Waals surface area (Å²) in [6, 6.07) is 16.7. The average molecular weight is 441 g/mol. The maximum atomic E-state index is 13.0. The quantitative estimate of drug-likeness (QED) is 0.582. The number of benzene rings is 2. The highest BCUT2D eigenvalue weighted by atomic mass is 35.5. The van der Waals surface area contributed by atoms with E-state index in [0.717, 1.165) is 44.1 Å².